The van der Waals surface area contributed by atoms with Gasteiger partial charge in [0, 0.05) is 11.1 Å². The highest BCUT2D eigenvalue weighted by Gasteiger charge is 2.05. The van der Waals surface area contributed by atoms with Gasteiger partial charge in [0.15, 0.2) is 0 Å². The van der Waals surface area contributed by atoms with Crippen LogP contribution in [-0.4, -0.2) is 16.7 Å². The minimum absolute atomic E-state index is 0.0439. The molecule has 0 spiro atoms. The molecule has 0 saturated carbocycles. The normalized spacial score (nSPS) is 9.86. The minimum Gasteiger partial charge on any atom is -0.351 e. The number of thiazole rings is 1. The van der Waals surface area contributed by atoms with Gasteiger partial charge in [0.1, 0.15) is 5.78 Å². The van der Waals surface area contributed by atoms with Crippen molar-refractivity contribution in [2.24, 2.45) is 0 Å². The van der Waals surface area contributed by atoms with Crippen LogP contribution in [0.5, 0.6) is 0 Å². The fourth-order valence-corrected chi connectivity index (χ4v) is 1.70. The molecule has 1 heterocycles. The maximum Gasteiger partial charge on any atom is 0.227 e. The van der Waals surface area contributed by atoms with Crippen LogP contribution in [0.4, 0.5) is 0 Å². The molecule has 0 fully saturated rings. The third-order valence-corrected chi connectivity index (χ3v) is 2.45. The first kappa shape index (κ1) is 10.8. The maximum absolute atomic E-state index is 11.1. The second-order valence-corrected chi connectivity index (χ2v) is 4.32. The average molecular weight is 212 g/mol. The molecule has 1 amide bonds. The van der Waals surface area contributed by atoms with Crippen molar-refractivity contribution in [2.75, 3.05) is 0 Å². The lowest BCUT2D eigenvalue weighted by Gasteiger charge is -2.00. The SMILES string of the molecule is CC(=O)CC(=O)NCc1cnc(C)s1. The summed E-state index contributed by atoms with van der Waals surface area (Å²) in [6.45, 7) is 3.76. The number of hydrogen-bond acceptors (Lipinski definition) is 4. The summed E-state index contributed by atoms with van der Waals surface area (Å²) < 4.78 is 0. The quantitative estimate of drug-likeness (QED) is 0.759. The number of carbonyl (C=O) groups is 2. The summed E-state index contributed by atoms with van der Waals surface area (Å²) in [4.78, 5) is 26.7. The molecule has 0 radical (unpaired) electrons. The largest absolute Gasteiger partial charge is 0.351 e. The van der Waals surface area contributed by atoms with Crippen molar-refractivity contribution in [1.82, 2.24) is 10.3 Å². The van der Waals surface area contributed by atoms with Crippen LogP contribution in [0.15, 0.2) is 6.20 Å². The van der Waals surface area contributed by atoms with Gasteiger partial charge in [-0.05, 0) is 13.8 Å². The molecule has 4 nitrogen and oxygen atoms in total. The van der Waals surface area contributed by atoms with E-state index >= 15 is 0 Å². The van der Waals surface area contributed by atoms with E-state index in [4.69, 9.17) is 0 Å². The highest BCUT2D eigenvalue weighted by atomic mass is 32.1. The van der Waals surface area contributed by atoms with Crippen LogP contribution < -0.4 is 5.32 Å². The first-order valence-corrected chi connectivity index (χ1v) is 5.07. The van der Waals surface area contributed by atoms with Gasteiger partial charge in [0.25, 0.3) is 0 Å². The van der Waals surface area contributed by atoms with Gasteiger partial charge in [0.05, 0.1) is 18.0 Å². The number of nitrogens with zero attached hydrogens (tertiary/aromatic N) is 1. The van der Waals surface area contributed by atoms with Gasteiger partial charge in [-0.1, -0.05) is 0 Å². The minimum atomic E-state index is -0.233. The van der Waals surface area contributed by atoms with E-state index in [1.54, 1.807) is 6.20 Å². The Labute approximate surface area is 86.4 Å². The summed E-state index contributed by atoms with van der Waals surface area (Å²) in [5, 5.41) is 3.63. The molecule has 76 valence electrons. The standard InChI is InChI=1S/C9H12N2O2S/c1-6(12)3-9(13)11-5-8-4-10-7(2)14-8/h4H,3,5H2,1-2H3,(H,11,13). The summed E-state index contributed by atoms with van der Waals surface area (Å²) in [7, 11) is 0. The lowest BCUT2D eigenvalue weighted by molar-refractivity contribution is -0.127. The molecule has 0 aromatic carbocycles. The molecule has 1 N–H and O–H groups in total. The third kappa shape index (κ3) is 3.66. The fraction of sp³-hybridized carbons (Fsp3) is 0.444. The predicted molar refractivity (Wildman–Crippen MR) is 54.0 cm³/mol. The highest BCUT2D eigenvalue weighted by Crippen LogP contribution is 2.10. The first-order chi connectivity index (χ1) is 6.58. The third-order valence-electron chi connectivity index (χ3n) is 1.54. The van der Waals surface area contributed by atoms with Crippen LogP contribution in [0, 0.1) is 6.92 Å². The predicted octanol–water partition coefficient (Wildman–Crippen LogP) is 1.05. The second kappa shape index (κ2) is 4.85. The Hall–Kier alpha value is -1.23. The zero-order valence-corrected chi connectivity index (χ0v) is 8.98. The van der Waals surface area contributed by atoms with E-state index in [-0.39, 0.29) is 18.1 Å². The molecule has 0 atom stereocenters. The lowest BCUT2D eigenvalue weighted by atomic mass is 10.3. The van der Waals surface area contributed by atoms with Crippen LogP contribution in [0.2, 0.25) is 0 Å². The van der Waals surface area contributed by atoms with Crippen LogP contribution >= 0.6 is 11.3 Å². The Balaban J connectivity index is 2.34. The van der Waals surface area contributed by atoms with Gasteiger partial charge in [-0.15, -0.1) is 11.3 Å². The van der Waals surface area contributed by atoms with Gasteiger partial charge in [-0.2, -0.15) is 0 Å². The Morgan fingerprint density at radius 1 is 1.57 bits per heavy atom. The molecule has 0 bridgehead atoms. The molecule has 0 aliphatic rings. The summed E-state index contributed by atoms with van der Waals surface area (Å²) in [6.07, 6.45) is 1.69. The number of amides is 1. The van der Waals surface area contributed by atoms with Crippen molar-refractivity contribution >= 4 is 23.0 Å². The van der Waals surface area contributed by atoms with Crippen molar-refractivity contribution in [3.05, 3.63) is 16.1 Å². The van der Waals surface area contributed by atoms with Crippen molar-refractivity contribution in [1.29, 1.82) is 0 Å². The molecule has 1 aromatic heterocycles. The Morgan fingerprint density at radius 3 is 2.79 bits per heavy atom. The van der Waals surface area contributed by atoms with E-state index in [0.29, 0.717) is 6.54 Å². The molecule has 14 heavy (non-hydrogen) atoms. The van der Waals surface area contributed by atoms with Crippen molar-refractivity contribution in [3.63, 3.8) is 0 Å². The van der Waals surface area contributed by atoms with Crippen LogP contribution in [0.1, 0.15) is 23.2 Å². The summed E-state index contributed by atoms with van der Waals surface area (Å²) in [5.41, 5.74) is 0. The molecule has 0 aliphatic carbocycles. The van der Waals surface area contributed by atoms with Gasteiger partial charge >= 0.3 is 0 Å². The average Bonchev–Trinajstić information content (AvgIpc) is 2.47. The Kier molecular flexibility index (Phi) is 3.76. The molecule has 1 aromatic rings. The van der Waals surface area contributed by atoms with Gasteiger partial charge in [0.2, 0.25) is 5.91 Å². The number of ketones is 1. The van der Waals surface area contributed by atoms with Crippen molar-refractivity contribution < 1.29 is 9.59 Å². The number of Topliss-reactive ketones (excluding diaryl/α,β-unsaturated/α-hetero) is 1. The number of hydrogen-bond donors (Lipinski definition) is 1. The van der Waals surface area contributed by atoms with Gasteiger partial charge < -0.3 is 5.32 Å². The number of aryl methyl sites for hydroxylation is 1. The zero-order chi connectivity index (χ0) is 10.6. The molecule has 1 rings (SSSR count). The fourth-order valence-electron chi connectivity index (χ4n) is 0.961. The zero-order valence-electron chi connectivity index (χ0n) is 8.16. The van der Waals surface area contributed by atoms with Crippen LogP contribution in [0.25, 0.3) is 0 Å². The summed E-state index contributed by atoms with van der Waals surface area (Å²) in [6, 6.07) is 0. The van der Waals surface area contributed by atoms with Gasteiger partial charge in [-0.25, -0.2) is 4.98 Å². The number of carbonyl (C=O) groups excluding carboxylic acids is 2. The van der Waals surface area contributed by atoms with Crippen LogP contribution in [-0.2, 0) is 16.1 Å². The number of aromatic nitrogens is 1. The van der Waals surface area contributed by atoms with E-state index in [1.165, 1.54) is 18.3 Å². The maximum atomic E-state index is 11.1. The summed E-state index contributed by atoms with van der Waals surface area (Å²) >= 11 is 1.54. The van der Waals surface area contributed by atoms with Crippen LogP contribution in [0.3, 0.4) is 0 Å². The highest BCUT2D eigenvalue weighted by molar-refractivity contribution is 7.11. The molecular formula is C9H12N2O2S. The van der Waals surface area contributed by atoms with E-state index in [0.717, 1.165) is 9.88 Å². The topological polar surface area (TPSA) is 59.1 Å². The van der Waals surface area contributed by atoms with Crippen molar-refractivity contribution in [3.8, 4) is 0 Å². The van der Waals surface area contributed by atoms with Gasteiger partial charge in [-0.3, -0.25) is 9.59 Å². The summed E-state index contributed by atoms with van der Waals surface area (Å²) in [5.74, 6) is -0.355. The molecular weight excluding hydrogens is 200 g/mol. The van der Waals surface area contributed by atoms with E-state index < -0.39 is 0 Å². The Bertz CT molecular complexity index is 346. The lowest BCUT2D eigenvalue weighted by Crippen LogP contribution is -2.23. The van der Waals surface area contributed by atoms with E-state index in [1.807, 2.05) is 6.92 Å². The first-order valence-electron chi connectivity index (χ1n) is 4.25. The molecule has 5 heteroatoms. The monoisotopic (exact) mass is 212 g/mol. The Morgan fingerprint density at radius 2 is 2.29 bits per heavy atom. The van der Waals surface area contributed by atoms with Crippen molar-refractivity contribution in [2.45, 2.75) is 26.8 Å². The van der Waals surface area contributed by atoms with E-state index in [2.05, 4.69) is 10.3 Å². The second-order valence-electron chi connectivity index (χ2n) is 3.00. The molecule has 0 aliphatic heterocycles. The molecule has 0 unspecified atom stereocenters. The molecule has 0 saturated heterocycles. The number of rotatable bonds is 4. The smallest absolute Gasteiger partial charge is 0.227 e. The van der Waals surface area contributed by atoms with E-state index in [9.17, 15) is 9.59 Å². The number of nitrogens with one attached hydrogen (secondary N) is 1.